The third-order valence-electron chi connectivity index (χ3n) is 2.02. The van der Waals surface area contributed by atoms with Gasteiger partial charge in [0, 0.05) is 19.3 Å². The summed E-state index contributed by atoms with van der Waals surface area (Å²) in [7, 11) is 0. The number of rotatable bonds is 6. The summed E-state index contributed by atoms with van der Waals surface area (Å²) in [5, 5.41) is 8.74. The van der Waals surface area contributed by atoms with Crippen LogP contribution in [0.3, 0.4) is 0 Å². The van der Waals surface area contributed by atoms with E-state index < -0.39 is 5.97 Å². The maximum atomic E-state index is 10.6. The molecule has 0 radical (unpaired) electrons. The van der Waals surface area contributed by atoms with Crippen LogP contribution in [0.1, 0.15) is 10.4 Å². The molecule has 0 atom stereocenters. The quantitative estimate of drug-likeness (QED) is 0.741. The zero-order valence-electron chi connectivity index (χ0n) is 8.97. The summed E-state index contributed by atoms with van der Waals surface area (Å²) in [5.74, 6) is -0.261. The van der Waals surface area contributed by atoms with Crippen molar-refractivity contribution in [2.24, 2.45) is 0 Å². The van der Waals surface area contributed by atoms with E-state index in [0.29, 0.717) is 18.9 Å². The molecule has 1 rings (SSSR count). The molecule has 1 heterocycles. The number of hydrogen-bond donors (Lipinski definition) is 1. The van der Waals surface area contributed by atoms with Crippen molar-refractivity contribution in [1.82, 2.24) is 4.98 Å². The van der Waals surface area contributed by atoms with E-state index in [1.807, 2.05) is 4.90 Å². The number of anilines is 1. The van der Waals surface area contributed by atoms with Crippen molar-refractivity contribution in [3.8, 4) is 0 Å². The first-order chi connectivity index (χ1) is 7.69. The van der Waals surface area contributed by atoms with Crippen molar-refractivity contribution in [3.05, 3.63) is 49.2 Å². The lowest BCUT2D eigenvalue weighted by molar-refractivity contribution is 0.0696. The van der Waals surface area contributed by atoms with Crippen LogP contribution in [0.2, 0.25) is 0 Å². The highest BCUT2D eigenvalue weighted by molar-refractivity contribution is 5.87. The maximum Gasteiger partial charge on any atom is 0.337 e. The predicted molar refractivity (Wildman–Crippen MR) is 63.8 cm³/mol. The summed E-state index contributed by atoms with van der Waals surface area (Å²) in [6.07, 6.45) is 4.86. The van der Waals surface area contributed by atoms with Gasteiger partial charge in [0.1, 0.15) is 5.82 Å². The van der Waals surface area contributed by atoms with E-state index in [1.165, 1.54) is 12.3 Å². The molecule has 0 bridgehead atoms. The standard InChI is InChI=1S/C12H14N2O2/c1-3-7-14(8-4-2)11-6-5-10(9-13-11)12(15)16/h3-6,9H,1-2,7-8H2,(H,15,16). The van der Waals surface area contributed by atoms with E-state index in [9.17, 15) is 4.79 Å². The molecule has 0 fully saturated rings. The monoisotopic (exact) mass is 218 g/mol. The van der Waals surface area contributed by atoms with E-state index in [-0.39, 0.29) is 5.56 Å². The molecule has 0 aliphatic heterocycles. The Morgan fingerprint density at radius 1 is 1.38 bits per heavy atom. The van der Waals surface area contributed by atoms with Gasteiger partial charge in [-0.15, -0.1) is 13.2 Å². The van der Waals surface area contributed by atoms with E-state index >= 15 is 0 Å². The van der Waals surface area contributed by atoms with Crippen molar-refractivity contribution in [2.45, 2.75) is 0 Å². The second-order valence-electron chi connectivity index (χ2n) is 3.19. The van der Waals surface area contributed by atoms with Crippen LogP contribution in [-0.4, -0.2) is 29.1 Å². The molecule has 1 aromatic rings. The Balaban J connectivity index is 2.88. The van der Waals surface area contributed by atoms with Gasteiger partial charge in [-0.25, -0.2) is 9.78 Å². The van der Waals surface area contributed by atoms with Crippen molar-refractivity contribution in [2.75, 3.05) is 18.0 Å². The number of hydrogen-bond acceptors (Lipinski definition) is 3. The Morgan fingerprint density at radius 3 is 2.38 bits per heavy atom. The number of nitrogens with zero attached hydrogens (tertiary/aromatic N) is 2. The minimum Gasteiger partial charge on any atom is -0.478 e. The molecule has 0 amide bonds. The molecule has 84 valence electrons. The average molecular weight is 218 g/mol. The summed E-state index contributed by atoms with van der Waals surface area (Å²) >= 11 is 0. The first-order valence-electron chi connectivity index (χ1n) is 4.85. The second-order valence-corrected chi connectivity index (χ2v) is 3.19. The normalized spacial score (nSPS) is 9.50. The summed E-state index contributed by atoms with van der Waals surface area (Å²) in [6.45, 7) is 8.60. The van der Waals surface area contributed by atoms with Gasteiger partial charge in [0.2, 0.25) is 0 Å². The smallest absolute Gasteiger partial charge is 0.337 e. The fourth-order valence-electron chi connectivity index (χ4n) is 1.27. The molecular formula is C12H14N2O2. The van der Waals surface area contributed by atoms with Crippen LogP contribution >= 0.6 is 0 Å². The molecule has 16 heavy (non-hydrogen) atoms. The molecule has 0 aliphatic rings. The van der Waals surface area contributed by atoms with Gasteiger partial charge in [-0.2, -0.15) is 0 Å². The first-order valence-corrected chi connectivity index (χ1v) is 4.85. The van der Waals surface area contributed by atoms with E-state index in [2.05, 4.69) is 18.1 Å². The van der Waals surface area contributed by atoms with Crippen molar-refractivity contribution in [1.29, 1.82) is 0 Å². The molecule has 0 aromatic carbocycles. The summed E-state index contributed by atoms with van der Waals surface area (Å²) in [6, 6.07) is 3.21. The van der Waals surface area contributed by atoms with Crippen LogP contribution in [-0.2, 0) is 0 Å². The largest absolute Gasteiger partial charge is 0.478 e. The molecule has 4 heteroatoms. The molecule has 0 saturated carbocycles. The number of carboxylic acid groups (broad SMARTS) is 1. The Bertz CT molecular complexity index is 375. The lowest BCUT2D eigenvalue weighted by Gasteiger charge is -2.20. The molecule has 1 aromatic heterocycles. The first kappa shape index (κ1) is 12.0. The highest BCUT2D eigenvalue weighted by Gasteiger charge is 2.06. The van der Waals surface area contributed by atoms with Gasteiger partial charge in [0.25, 0.3) is 0 Å². The lowest BCUT2D eigenvalue weighted by Crippen LogP contribution is -2.24. The molecule has 0 aliphatic carbocycles. The van der Waals surface area contributed by atoms with Gasteiger partial charge < -0.3 is 10.0 Å². The molecule has 4 nitrogen and oxygen atoms in total. The van der Waals surface area contributed by atoms with Crippen molar-refractivity contribution in [3.63, 3.8) is 0 Å². The van der Waals surface area contributed by atoms with Gasteiger partial charge in [-0.05, 0) is 12.1 Å². The van der Waals surface area contributed by atoms with Gasteiger partial charge >= 0.3 is 5.97 Å². The number of aromatic nitrogens is 1. The highest BCUT2D eigenvalue weighted by Crippen LogP contribution is 2.11. The van der Waals surface area contributed by atoms with Crippen LogP contribution in [0, 0.1) is 0 Å². The average Bonchev–Trinajstić information content (AvgIpc) is 2.29. The zero-order valence-corrected chi connectivity index (χ0v) is 8.97. The van der Waals surface area contributed by atoms with E-state index in [1.54, 1.807) is 18.2 Å². The molecule has 0 unspecified atom stereocenters. The van der Waals surface area contributed by atoms with Crippen LogP contribution in [0.15, 0.2) is 43.6 Å². The van der Waals surface area contributed by atoms with Gasteiger partial charge in [0.05, 0.1) is 5.56 Å². The summed E-state index contributed by atoms with van der Waals surface area (Å²) in [4.78, 5) is 16.7. The maximum absolute atomic E-state index is 10.6. The molecular weight excluding hydrogens is 204 g/mol. The lowest BCUT2D eigenvalue weighted by atomic mass is 10.3. The predicted octanol–water partition coefficient (Wildman–Crippen LogP) is 1.96. The minimum atomic E-state index is -0.974. The molecule has 0 spiro atoms. The minimum absolute atomic E-state index is 0.181. The van der Waals surface area contributed by atoms with Gasteiger partial charge in [-0.3, -0.25) is 0 Å². The highest BCUT2D eigenvalue weighted by atomic mass is 16.4. The topological polar surface area (TPSA) is 53.4 Å². The Morgan fingerprint density at radius 2 is 2.00 bits per heavy atom. The number of carbonyl (C=O) groups is 1. The van der Waals surface area contributed by atoms with Gasteiger partial charge in [-0.1, -0.05) is 12.2 Å². The number of aromatic carboxylic acids is 1. The Labute approximate surface area is 94.5 Å². The zero-order chi connectivity index (χ0) is 12.0. The van der Waals surface area contributed by atoms with Crippen LogP contribution in [0.5, 0.6) is 0 Å². The number of carboxylic acids is 1. The van der Waals surface area contributed by atoms with E-state index in [0.717, 1.165) is 0 Å². The molecule has 1 N–H and O–H groups in total. The summed E-state index contributed by atoms with van der Waals surface area (Å²) < 4.78 is 0. The van der Waals surface area contributed by atoms with Gasteiger partial charge in [0.15, 0.2) is 0 Å². The van der Waals surface area contributed by atoms with Crippen LogP contribution in [0.25, 0.3) is 0 Å². The van der Waals surface area contributed by atoms with E-state index in [4.69, 9.17) is 5.11 Å². The fraction of sp³-hybridized carbons (Fsp3) is 0.167. The fourth-order valence-corrected chi connectivity index (χ4v) is 1.27. The van der Waals surface area contributed by atoms with Crippen molar-refractivity contribution >= 4 is 11.8 Å². The Kier molecular flexibility index (Phi) is 4.27. The molecule has 0 saturated heterocycles. The van der Waals surface area contributed by atoms with Crippen LogP contribution in [0.4, 0.5) is 5.82 Å². The number of pyridine rings is 1. The third-order valence-corrected chi connectivity index (χ3v) is 2.02. The second kappa shape index (κ2) is 5.70. The SMILES string of the molecule is C=CCN(CC=C)c1ccc(C(=O)O)cn1. The van der Waals surface area contributed by atoms with Crippen LogP contribution < -0.4 is 4.90 Å². The third kappa shape index (κ3) is 2.95. The van der Waals surface area contributed by atoms with Crippen molar-refractivity contribution < 1.29 is 9.90 Å². The summed E-state index contributed by atoms with van der Waals surface area (Å²) in [5.41, 5.74) is 0.181. The Hall–Kier alpha value is -2.10.